The SMILES string of the molecule is CCOC(=O)c1c(-n2c(C)cc(/C=C(/C#N)C(=O)Nc3ccc(OC)cc3)c2C)sc2c1CCCC2. The van der Waals surface area contributed by atoms with Gasteiger partial charge < -0.3 is 19.4 Å². The van der Waals surface area contributed by atoms with E-state index in [4.69, 9.17) is 9.47 Å². The number of anilines is 1. The van der Waals surface area contributed by atoms with Gasteiger partial charge in [-0.1, -0.05) is 0 Å². The lowest BCUT2D eigenvalue weighted by Crippen LogP contribution is -2.13. The number of nitriles is 1. The molecule has 0 spiro atoms. The van der Waals surface area contributed by atoms with E-state index < -0.39 is 5.91 Å². The molecule has 2 aromatic heterocycles. The van der Waals surface area contributed by atoms with E-state index in [0.29, 0.717) is 23.6 Å². The number of rotatable bonds is 7. The lowest BCUT2D eigenvalue weighted by atomic mass is 9.95. The van der Waals surface area contributed by atoms with Gasteiger partial charge >= 0.3 is 5.97 Å². The molecule has 4 rings (SSSR count). The number of nitrogens with one attached hydrogen (secondary N) is 1. The number of methoxy groups -OCH3 is 1. The van der Waals surface area contributed by atoms with Crippen LogP contribution in [0.15, 0.2) is 35.9 Å². The molecule has 0 fully saturated rings. The molecular formula is C28H29N3O4S. The quantitative estimate of drug-likeness (QED) is 0.251. The highest BCUT2D eigenvalue weighted by atomic mass is 32.1. The van der Waals surface area contributed by atoms with E-state index in [-0.39, 0.29) is 11.5 Å². The van der Waals surface area contributed by atoms with Crippen LogP contribution in [0.4, 0.5) is 5.69 Å². The zero-order valence-electron chi connectivity index (χ0n) is 20.9. The van der Waals surface area contributed by atoms with Crippen molar-refractivity contribution in [3.8, 4) is 16.8 Å². The van der Waals surface area contributed by atoms with E-state index in [1.165, 1.54) is 4.88 Å². The lowest BCUT2D eigenvalue weighted by Gasteiger charge is -2.13. The average molecular weight is 504 g/mol. The molecule has 3 aromatic rings. The number of aryl methyl sites for hydroxylation is 2. The van der Waals surface area contributed by atoms with Crippen molar-refractivity contribution < 1.29 is 19.1 Å². The topological polar surface area (TPSA) is 93.4 Å². The van der Waals surface area contributed by atoms with Crippen molar-refractivity contribution in [3.05, 3.63) is 68.9 Å². The van der Waals surface area contributed by atoms with Crippen LogP contribution in [0.5, 0.6) is 5.75 Å². The Balaban J connectivity index is 1.70. The fraction of sp³-hybridized carbons (Fsp3) is 0.321. The number of carbonyl (C=O) groups is 2. The number of benzene rings is 1. The molecule has 0 saturated heterocycles. The van der Waals surface area contributed by atoms with E-state index >= 15 is 0 Å². The van der Waals surface area contributed by atoms with Gasteiger partial charge in [0.1, 0.15) is 22.4 Å². The van der Waals surface area contributed by atoms with E-state index in [9.17, 15) is 14.9 Å². The Morgan fingerprint density at radius 3 is 2.58 bits per heavy atom. The van der Waals surface area contributed by atoms with E-state index in [2.05, 4.69) is 5.32 Å². The molecule has 7 nitrogen and oxygen atoms in total. The third-order valence-corrected chi connectivity index (χ3v) is 7.60. The molecule has 2 heterocycles. The number of hydrogen-bond acceptors (Lipinski definition) is 6. The summed E-state index contributed by atoms with van der Waals surface area (Å²) in [6.07, 6.45) is 5.60. The first kappa shape index (κ1) is 25.3. The van der Waals surface area contributed by atoms with Crippen LogP contribution < -0.4 is 10.1 Å². The molecule has 186 valence electrons. The predicted octanol–water partition coefficient (Wildman–Crippen LogP) is 5.77. The number of thiophene rings is 1. The molecule has 0 bridgehead atoms. The first-order valence-electron chi connectivity index (χ1n) is 12.0. The normalized spacial score (nSPS) is 13.0. The van der Waals surface area contributed by atoms with Gasteiger partial charge in [-0.25, -0.2) is 4.79 Å². The minimum absolute atomic E-state index is 0.0119. The maximum Gasteiger partial charge on any atom is 0.341 e. The van der Waals surface area contributed by atoms with Crippen molar-refractivity contribution >= 4 is 35.0 Å². The molecule has 1 amide bonds. The molecule has 1 aliphatic rings. The summed E-state index contributed by atoms with van der Waals surface area (Å²) < 4.78 is 12.6. The number of carbonyl (C=O) groups excluding carboxylic acids is 2. The molecule has 0 radical (unpaired) electrons. The Bertz CT molecular complexity index is 1370. The minimum atomic E-state index is -0.494. The number of hydrogen-bond donors (Lipinski definition) is 1. The second-order valence-corrected chi connectivity index (χ2v) is 9.71. The van der Waals surface area contributed by atoms with Crippen LogP contribution in [0, 0.1) is 25.2 Å². The van der Waals surface area contributed by atoms with Crippen LogP contribution in [0.3, 0.4) is 0 Å². The van der Waals surface area contributed by atoms with Crippen LogP contribution in [0.25, 0.3) is 11.1 Å². The number of ether oxygens (including phenoxy) is 2. The van der Waals surface area contributed by atoms with Crippen molar-refractivity contribution in [1.29, 1.82) is 5.26 Å². The zero-order valence-corrected chi connectivity index (χ0v) is 21.8. The number of fused-ring (bicyclic) bond motifs is 1. The Kier molecular flexibility index (Phi) is 7.61. The van der Waals surface area contributed by atoms with Crippen molar-refractivity contribution in [2.45, 2.75) is 46.5 Å². The van der Waals surface area contributed by atoms with Crippen LogP contribution in [-0.2, 0) is 22.4 Å². The van der Waals surface area contributed by atoms with Crippen molar-refractivity contribution in [3.63, 3.8) is 0 Å². The van der Waals surface area contributed by atoms with Gasteiger partial charge in [0.25, 0.3) is 5.91 Å². The maximum absolute atomic E-state index is 13.0. The van der Waals surface area contributed by atoms with Crippen LogP contribution in [0.1, 0.15) is 57.5 Å². The van der Waals surface area contributed by atoms with Gasteiger partial charge in [0, 0.05) is 22.0 Å². The van der Waals surface area contributed by atoms with Gasteiger partial charge in [0.15, 0.2) is 0 Å². The number of nitrogens with zero attached hydrogens (tertiary/aromatic N) is 2. The second kappa shape index (κ2) is 10.8. The lowest BCUT2D eigenvalue weighted by molar-refractivity contribution is -0.112. The summed E-state index contributed by atoms with van der Waals surface area (Å²) in [6, 6.07) is 10.9. The molecule has 1 aromatic carbocycles. The maximum atomic E-state index is 13.0. The van der Waals surface area contributed by atoms with Gasteiger partial charge in [-0.15, -0.1) is 11.3 Å². The molecule has 1 aliphatic carbocycles. The number of aromatic nitrogens is 1. The van der Waals surface area contributed by atoms with Gasteiger partial charge in [0.05, 0.1) is 19.3 Å². The number of amides is 1. The Morgan fingerprint density at radius 1 is 1.19 bits per heavy atom. The highest BCUT2D eigenvalue weighted by molar-refractivity contribution is 7.15. The van der Waals surface area contributed by atoms with E-state index in [1.807, 2.05) is 37.5 Å². The average Bonchev–Trinajstić information content (AvgIpc) is 3.38. The summed E-state index contributed by atoms with van der Waals surface area (Å²) in [5.74, 6) is -0.117. The minimum Gasteiger partial charge on any atom is -0.497 e. The van der Waals surface area contributed by atoms with Gasteiger partial charge in [-0.05, 0) is 94.0 Å². The summed E-state index contributed by atoms with van der Waals surface area (Å²) in [5, 5.41) is 13.3. The highest BCUT2D eigenvalue weighted by Gasteiger charge is 2.28. The third kappa shape index (κ3) is 4.93. The fourth-order valence-corrected chi connectivity index (χ4v) is 6.03. The summed E-state index contributed by atoms with van der Waals surface area (Å²) in [5.41, 5.74) is 4.80. The summed E-state index contributed by atoms with van der Waals surface area (Å²) in [4.78, 5) is 27.0. The molecular weight excluding hydrogens is 474 g/mol. The smallest absolute Gasteiger partial charge is 0.341 e. The summed E-state index contributed by atoms with van der Waals surface area (Å²) in [6.45, 7) is 6.02. The van der Waals surface area contributed by atoms with Gasteiger partial charge in [-0.3, -0.25) is 4.79 Å². The Labute approximate surface area is 215 Å². The first-order chi connectivity index (χ1) is 17.4. The summed E-state index contributed by atoms with van der Waals surface area (Å²) in [7, 11) is 1.57. The van der Waals surface area contributed by atoms with Crippen LogP contribution in [0.2, 0.25) is 0 Å². The van der Waals surface area contributed by atoms with Crippen molar-refractivity contribution in [2.24, 2.45) is 0 Å². The predicted molar refractivity (Wildman–Crippen MR) is 141 cm³/mol. The molecule has 8 heteroatoms. The molecule has 36 heavy (non-hydrogen) atoms. The van der Waals surface area contributed by atoms with Crippen molar-refractivity contribution in [2.75, 3.05) is 19.0 Å². The van der Waals surface area contributed by atoms with Gasteiger partial charge in [0.2, 0.25) is 0 Å². The molecule has 0 atom stereocenters. The molecule has 0 saturated carbocycles. The van der Waals surface area contributed by atoms with Crippen molar-refractivity contribution in [1.82, 2.24) is 4.57 Å². The highest BCUT2D eigenvalue weighted by Crippen LogP contribution is 2.39. The fourth-order valence-electron chi connectivity index (χ4n) is 4.55. The van der Waals surface area contributed by atoms with Crippen LogP contribution >= 0.6 is 11.3 Å². The van der Waals surface area contributed by atoms with Crippen LogP contribution in [-0.4, -0.2) is 30.2 Å². The number of esters is 1. The summed E-state index contributed by atoms with van der Waals surface area (Å²) >= 11 is 1.63. The first-order valence-corrected chi connectivity index (χ1v) is 12.8. The largest absolute Gasteiger partial charge is 0.497 e. The molecule has 0 unspecified atom stereocenters. The van der Waals surface area contributed by atoms with E-state index in [1.54, 1.807) is 48.8 Å². The molecule has 1 N–H and O–H groups in total. The molecule has 0 aliphatic heterocycles. The monoisotopic (exact) mass is 503 g/mol. The van der Waals surface area contributed by atoms with E-state index in [0.717, 1.165) is 53.2 Å². The van der Waals surface area contributed by atoms with Gasteiger partial charge in [-0.2, -0.15) is 5.26 Å². The standard InChI is InChI=1S/C28H29N3O4S/c1-5-35-28(33)25-23-8-6-7-9-24(23)36-27(25)31-17(2)14-19(18(31)3)15-20(16-29)26(32)30-21-10-12-22(34-4)13-11-21/h10-15H,5-9H2,1-4H3,(H,30,32)/b20-15-. The second-order valence-electron chi connectivity index (χ2n) is 8.63. The third-order valence-electron chi connectivity index (χ3n) is 6.32. The Hall–Kier alpha value is -3.83. The zero-order chi connectivity index (χ0) is 25.8. The Morgan fingerprint density at radius 2 is 1.92 bits per heavy atom.